The summed E-state index contributed by atoms with van der Waals surface area (Å²) in [4.78, 5) is 12.8. The first kappa shape index (κ1) is 25.8. The predicted molar refractivity (Wildman–Crippen MR) is 137 cm³/mol. The summed E-state index contributed by atoms with van der Waals surface area (Å²) in [5.41, 5.74) is 1.71. The van der Waals surface area contributed by atoms with Crippen LogP contribution in [0.4, 0.5) is 5.95 Å². The highest BCUT2D eigenvalue weighted by Gasteiger charge is 2.28. The fourth-order valence-corrected chi connectivity index (χ4v) is 4.49. The van der Waals surface area contributed by atoms with Gasteiger partial charge in [-0.2, -0.15) is 0 Å². The van der Waals surface area contributed by atoms with E-state index in [9.17, 15) is 8.42 Å². The highest BCUT2D eigenvalue weighted by atomic mass is 32.2. The van der Waals surface area contributed by atoms with Gasteiger partial charge in [-0.05, 0) is 43.7 Å². The Bertz CT molecular complexity index is 1450. The first-order chi connectivity index (χ1) is 17.8. The molecule has 1 aromatic carbocycles. The van der Waals surface area contributed by atoms with E-state index in [0.29, 0.717) is 34.5 Å². The monoisotopic (exact) mass is 525 g/mol. The molecule has 0 aliphatic carbocycles. The number of sulfonamides is 1. The number of aromatic nitrogens is 6. The van der Waals surface area contributed by atoms with Crippen molar-refractivity contribution in [3.63, 3.8) is 0 Å². The molecule has 0 aliphatic heterocycles. The Kier molecular flexibility index (Phi) is 7.53. The molecule has 0 saturated heterocycles. The van der Waals surface area contributed by atoms with Gasteiger partial charge in [0.05, 0.1) is 32.8 Å². The number of ether oxygens (including phenoxy) is 3. The maximum atomic E-state index is 13.4. The van der Waals surface area contributed by atoms with Crippen molar-refractivity contribution in [1.29, 1.82) is 0 Å². The van der Waals surface area contributed by atoms with E-state index in [1.807, 2.05) is 6.92 Å². The number of aryl methyl sites for hydroxylation is 1. The number of rotatable bonds is 10. The van der Waals surface area contributed by atoms with E-state index in [0.717, 1.165) is 5.56 Å². The van der Waals surface area contributed by atoms with Crippen LogP contribution in [0.3, 0.4) is 0 Å². The molecule has 0 unspecified atom stereocenters. The van der Waals surface area contributed by atoms with Gasteiger partial charge in [0.2, 0.25) is 16.0 Å². The zero-order valence-corrected chi connectivity index (χ0v) is 21.9. The third-order valence-electron chi connectivity index (χ3n) is 5.56. The van der Waals surface area contributed by atoms with Gasteiger partial charge in [0, 0.05) is 18.8 Å². The largest absolute Gasteiger partial charge is 0.495 e. The molecule has 0 radical (unpaired) electrons. The maximum Gasteiger partial charge on any atom is 0.243 e. The van der Waals surface area contributed by atoms with Gasteiger partial charge in [0.15, 0.2) is 5.82 Å². The summed E-state index contributed by atoms with van der Waals surface area (Å²) in [6, 6.07) is 8.60. The molecule has 3 heterocycles. The number of nitrogens with one attached hydrogen (secondary N) is 1. The quantitative estimate of drug-likeness (QED) is 0.328. The Labute approximate surface area is 214 Å². The molecular weight excluding hydrogens is 498 g/mol. The number of para-hydroxylation sites is 1. The van der Waals surface area contributed by atoms with E-state index in [-0.39, 0.29) is 18.2 Å². The number of pyridine rings is 1. The Morgan fingerprint density at radius 1 is 0.919 bits per heavy atom. The highest BCUT2D eigenvalue weighted by Crippen LogP contribution is 2.37. The molecule has 194 valence electrons. The molecule has 0 spiro atoms. The lowest BCUT2D eigenvalue weighted by atomic mass is 10.2. The molecule has 37 heavy (non-hydrogen) atoms. The molecule has 12 nitrogen and oxygen atoms in total. The van der Waals surface area contributed by atoms with Crippen LogP contribution in [0.25, 0.3) is 17.2 Å². The third-order valence-corrected chi connectivity index (χ3v) is 7.25. The van der Waals surface area contributed by atoms with Gasteiger partial charge in [-0.25, -0.2) is 23.4 Å². The highest BCUT2D eigenvalue weighted by molar-refractivity contribution is 7.93. The summed E-state index contributed by atoms with van der Waals surface area (Å²) < 4.78 is 47.1. The zero-order valence-electron chi connectivity index (χ0n) is 21.0. The lowest BCUT2D eigenvalue weighted by Crippen LogP contribution is -2.29. The Morgan fingerprint density at radius 3 is 2.16 bits per heavy atom. The molecule has 4 aromatic rings. The Morgan fingerprint density at radius 2 is 1.59 bits per heavy atom. The van der Waals surface area contributed by atoms with Crippen molar-refractivity contribution in [3.05, 3.63) is 60.3 Å². The second-order valence-electron chi connectivity index (χ2n) is 8.12. The van der Waals surface area contributed by atoms with E-state index >= 15 is 0 Å². The van der Waals surface area contributed by atoms with Crippen LogP contribution >= 0.6 is 0 Å². The minimum absolute atomic E-state index is 0.0629. The molecule has 0 saturated carbocycles. The van der Waals surface area contributed by atoms with Crippen molar-refractivity contribution < 1.29 is 22.6 Å². The number of anilines is 1. The summed E-state index contributed by atoms with van der Waals surface area (Å²) in [6.07, 6.45) is 4.93. The molecule has 1 N–H and O–H groups in total. The maximum absolute atomic E-state index is 13.4. The minimum Gasteiger partial charge on any atom is -0.495 e. The third kappa shape index (κ3) is 5.45. The second-order valence-corrected chi connectivity index (χ2v) is 10.2. The Hall–Kier alpha value is -4.26. The number of benzene rings is 1. The van der Waals surface area contributed by atoms with Crippen molar-refractivity contribution in [1.82, 2.24) is 29.7 Å². The summed E-state index contributed by atoms with van der Waals surface area (Å²) >= 11 is 0. The standard InChI is InChI=1S/C24H27N7O5S/c1-15-12-26-21(27-13-15)11-16(2)37(32,33)30-24-29-28-23(18-10-9-17(34-3)14-25-18)31(24)22-19(35-4)7-6-8-20(22)36-5/h6-10,12-14,16H,11H2,1-5H3,(H,29,30)/t16-/m1/s1. The second kappa shape index (κ2) is 10.8. The lowest BCUT2D eigenvalue weighted by Gasteiger charge is -2.18. The van der Waals surface area contributed by atoms with Gasteiger partial charge in [-0.3, -0.25) is 9.29 Å². The summed E-state index contributed by atoms with van der Waals surface area (Å²) in [5, 5.41) is 7.54. The van der Waals surface area contributed by atoms with Crippen LogP contribution in [0.15, 0.2) is 48.9 Å². The number of hydrogen-bond donors (Lipinski definition) is 1. The van der Waals surface area contributed by atoms with E-state index in [4.69, 9.17) is 14.2 Å². The minimum atomic E-state index is -3.95. The fraction of sp³-hybridized carbons (Fsp3) is 0.292. The fourth-order valence-electron chi connectivity index (χ4n) is 3.53. The lowest BCUT2D eigenvalue weighted by molar-refractivity contribution is 0.391. The van der Waals surface area contributed by atoms with Gasteiger partial charge in [-0.1, -0.05) is 6.07 Å². The average molecular weight is 526 g/mol. The van der Waals surface area contributed by atoms with Gasteiger partial charge in [-0.15, -0.1) is 10.2 Å². The van der Waals surface area contributed by atoms with Crippen LogP contribution in [-0.2, 0) is 16.4 Å². The van der Waals surface area contributed by atoms with Gasteiger partial charge in [0.25, 0.3) is 0 Å². The summed E-state index contributed by atoms with van der Waals surface area (Å²) in [5.74, 6) is 1.99. The molecule has 13 heteroatoms. The smallest absolute Gasteiger partial charge is 0.243 e. The Balaban J connectivity index is 1.80. The van der Waals surface area contributed by atoms with E-state index in [2.05, 4.69) is 29.9 Å². The molecule has 0 fully saturated rings. The van der Waals surface area contributed by atoms with Crippen LogP contribution < -0.4 is 18.9 Å². The van der Waals surface area contributed by atoms with Crippen LogP contribution in [0, 0.1) is 6.92 Å². The molecule has 3 aromatic heterocycles. The molecule has 0 bridgehead atoms. The predicted octanol–water partition coefficient (Wildman–Crippen LogP) is 2.83. The first-order valence-corrected chi connectivity index (χ1v) is 12.8. The van der Waals surface area contributed by atoms with Crippen molar-refractivity contribution in [3.8, 4) is 34.5 Å². The van der Waals surface area contributed by atoms with Crippen LogP contribution in [0.2, 0.25) is 0 Å². The van der Waals surface area contributed by atoms with Gasteiger partial charge in [0.1, 0.15) is 34.5 Å². The average Bonchev–Trinajstić information content (AvgIpc) is 3.31. The van der Waals surface area contributed by atoms with Crippen LogP contribution in [-0.4, -0.2) is 64.7 Å². The zero-order chi connectivity index (χ0) is 26.6. The van der Waals surface area contributed by atoms with Crippen molar-refractivity contribution in [2.75, 3.05) is 26.1 Å². The van der Waals surface area contributed by atoms with Crippen molar-refractivity contribution in [2.24, 2.45) is 0 Å². The van der Waals surface area contributed by atoms with E-state index in [1.54, 1.807) is 49.6 Å². The van der Waals surface area contributed by atoms with Gasteiger partial charge >= 0.3 is 0 Å². The molecule has 4 rings (SSSR count). The van der Waals surface area contributed by atoms with Gasteiger partial charge < -0.3 is 14.2 Å². The van der Waals surface area contributed by atoms with E-state index < -0.39 is 15.3 Å². The topological polar surface area (TPSA) is 143 Å². The number of hydrogen-bond acceptors (Lipinski definition) is 10. The normalized spacial score (nSPS) is 12.1. The first-order valence-electron chi connectivity index (χ1n) is 11.2. The molecular formula is C24H27N7O5S. The molecule has 0 amide bonds. The van der Waals surface area contributed by atoms with Crippen molar-refractivity contribution >= 4 is 16.0 Å². The number of methoxy groups -OCH3 is 3. The van der Waals surface area contributed by atoms with E-state index in [1.165, 1.54) is 32.1 Å². The summed E-state index contributed by atoms with van der Waals surface area (Å²) in [6.45, 7) is 3.43. The summed E-state index contributed by atoms with van der Waals surface area (Å²) in [7, 11) is 0.593. The number of nitrogens with zero attached hydrogens (tertiary/aromatic N) is 6. The van der Waals surface area contributed by atoms with Crippen LogP contribution in [0.1, 0.15) is 18.3 Å². The van der Waals surface area contributed by atoms with Crippen LogP contribution in [0.5, 0.6) is 17.2 Å². The van der Waals surface area contributed by atoms with Crippen molar-refractivity contribution in [2.45, 2.75) is 25.5 Å². The molecule has 1 atom stereocenters. The molecule has 0 aliphatic rings. The SMILES string of the molecule is COc1ccc(-c2nnc(NS(=O)(=O)[C@H](C)Cc3ncc(C)cn3)n2-c2c(OC)cccc2OC)nc1.